The fourth-order valence-electron chi connectivity index (χ4n) is 2.58. The summed E-state index contributed by atoms with van der Waals surface area (Å²) in [7, 11) is -3.14. The van der Waals surface area contributed by atoms with Crippen molar-refractivity contribution >= 4 is 10.0 Å². The number of hydrogen-bond donors (Lipinski definition) is 1. The third kappa shape index (κ3) is 3.59. The fourth-order valence-corrected chi connectivity index (χ4v) is 4.47. The molecular weight excluding hydrogens is 272 g/mol. The minimum Gasteiger partial charge on any atom is -0.307 e. The second-order valence-electron chi connectivity index (χ2n) is 5.46. The molecule has 1 aliphatic heterocycles. The maximum absolute atomic E-state index is 12.4. The van der Waals surface area contributed by atoms with Crippen LogP contribution in [0, 0.1) is 0 Å². The molecule has 0 saturated carbocycles. The largest absolute Gasteiger partial charge is 0.307 e. The second-order valence-corrected chi connectivity index (χ2v) is 7.50. The zero-order valence-electron chi connectivity index (χ0n) is 12.2. The third-order valence-corrected chi connectivity index (χ3v) is 5.86. The van der Waals surface area contributed by atoms with E-state index in [4.69, 9.17) is 0 Å². The number of sulfonamides is 1. The Morgan fingerprint density at radius 1 is 1.30 bits per heavy atom. The molecular formula is C15H24N2O2S. The number of unbranched alkanes of at least 4 members (excludes halogenated alkanes) is 1. The molecule has 0 aliphatic carbocycles. The summed E-state index contributed by atoms with van der Waals surface area (Å²) in [6.07, 6.45) is 1.64. The Labute approximate surface area is 122 Å². The Hall–Kier alpha value is -0.910. The maximum atomic E-state index is 12.4. The highest BCUT2D eigenvalue weighted by molar-refractivity contribution is 7.89. The summed E-state index contributed by atoms with van der Waals surface area (Å²) in [4.78, 5) is 0. The van der Waals surface area contributed by atoms with Crippen LogP contribution in [0.3, 0.4) is 0 Å². The van der Waals surface area contributed by atoms with Crippen molar-refractivity contribution in [2.75, 3.05) is 18.8 Å². The normalized spacial score (nSPS) is 24.7. The van der Waals surface area contributed by atoms with Crippen molar-refractivity contribution in [1.82, 2.24) is 9.62 Å². The van der Waals surface area contributed by atoms with Crippen molar-refractivity contribution in [3.8, 4) is 0 Å². The minimum absolute atomic E-state index is 0.0248. The van der Waals surface area contributed by atoms with Gasteiger partial charge in [-0.15, -0.1) is 0 Å². The predicted octanol–water partition coefficient (Wildman–Crippen LogP) is 2.15. The lowest BCUT2D eigenvalue weighted by molar-refractivity contribution is 0.237. The van der Waals surface area contributed by atoms with E-state index < -0.39 is 10.0 Å². The van der Waals surface area contributed by atoms with Gasteiger partial charge in [-0.1, -0.05) is 43.7 Å². The van der Waals surface area contributed by atoms with Gasteiger partial charge in [0.2, 0.25) is 10.0 Å². The number of rotatable bonds is 5. The molecule has 1 fully saturated rings. The zero-order chi connectivity index (χ0) is 14.6. The van der Waals surface area contributed by atoms with Crippen LogP contribution in [0.15, 0.2) is 30.3 Å². The number of benzene rings is 1. The summed E-state index contributed by atoms with van der Waals surface area (Å²) in [6.45, 7) is 5.21. The predicted molar refractivity (Wildman–Crippen MR) is 82.0 cm³/mol. The van der Waals surface area contributed by atoms with Crippen LogP contribution in [0.1, 0.15) is 38.3 Å². The van der Waals surface area contributed by atoms with E-state index in [2.05, 4.69) is 5.32 Å². The van der Waals surface area contributed by atoms with Gasteiger partial charge in [0.05, 0.1) is 5.75 Å². The molecule has 20 heavy (non-hydrogen) atoms. The van der Waals surface area contributed by atoms with Gasteiger partial charge in [0.1, 0.15) is 0 Å². The number of piperazine rings is 1. The molecule has 4 nitrogen and oxygen atoms in total. The van der Waals surface area contributed by atoms with Crippen LogP contribution in [-0.2, 0) is 10.0 Å². The molecule has 1 heterocycles. The van der Waals surface area contributed by atoms with Gasteiger partial charge in [-0.05, 0) is 18.9 Å². The minimum atomic E-state index is -3.14. The molecule has 5 heteroatoms. The topological polar surface area (TPSA) is 49.4 Å². The first-order valence-corrected chi connectivity index (χ1v) is 8.93. The third-order valence-electron chi connectivity index (χ3n) is 3.83. The Bertz CT molecular complexity index is 516. The van der Waals surface area contributed by atoms with Crippen molar-refractivity contribution in [3.63, 3.8) is 0 Å². The van der Waals surface area contributed by atoms with E-state index in [9.17, 15) is 8.42 Å². The summed E-state index contributed by atoms with van der Waals surface area (Å²) in [5, 5.41) is 3.44. The van der Waals surface area contributed by atoms with E-state index in [-0.39, 0.29) is 17.8 Å². The average Bonchev–Trinajstić information content (AvgIpc) is 2.46. The first-order valence-electron chi connectivity index (χ1n) is 7.32. The van der Waals surface area contributed by atoms with Crippen LogP contribution in [0.4, 0.5) is 0 Å². The molecule has 0 bridgehead atoms. The number of hydrogen-bond acceptors (Lipinski definition) is 3. The summed E-state index contributed by atoms with van der Waals surface area (Å²) >= 11 is 0. The first kappa shape index (κ1) is 15.5. The summed E-state index contributed by atoms with van der Waals surface area (Å²) in [5.41, 5.74) is 1.15. The van der Waals surface area contributed by atoms with Gasteiger partial charge in [-0.2, -0.15) is 4.31 Å². The second kappa shape index (κ2) is 6.70. The van der Waals surface area contributed by atoms with Crippen molar-refractivity contribution in [3.05, 3.63) is 35.9 Å². The Balaban J connectivity index is 2.13. The zero-order valence-corrected chi connectivity index (χ0v) is 13.1. The SMILES string of the molecule is CCCCS(=O)(=O)N1CC(c2ccccc2)NCC1C. The smallest absolute Gasteiger partial charge is 0.214 e. The van der Waals surface area contributed by atoms with Crippen molar-refractivity contribution in [2.45, 2.75) is 38.8 Å². The van der Waals surface area contributed by atoms with E-state index >= 15 is 0 Å². The Morgan fingerprint density at radius 3 is 2.65 bits per heavy atom. The van der Waals surface area contributed by atoms with Crippen molar-refractivity contribution < 1.29 is 8.42 Å². The van der Waals surface area contributed by atoms with Gasteiger partial charge in [-0.25, -0.2) is 8.42 Å². The van der Waals surface area contributed by atoms with Gasteiger partial charge in [-0.3, -0.25) is 0 Å². The number of nitrogens with one attached hydrogen (secondary N) is 1. The van der Waals surface area contributed by atoms with Crippen LogP contribution < -0.4 is 5.32 Å². The summed E-state index contributed by atoms with van der Waals surface area (Å²) in [6, 6.07) is 10.2. The van der Waals surface area contributed by atoms with Gasteiger partial charge < -0.3 is 5.32 Å². The summed E-state index contributed by atoms with van der Waals surface area (Å²) in [5.74, 6) is 0.259. The van der Waals surface area contributed by atoms with Crippen LogP contribution in [0.5, 0.6) is 0 Å². The molecule has 2 rings (SSSR count). The fraction of sp³-hybridized carbons (Fsp3) is 0.600. The molecule has 112 valence electrons. The van der Waals surface area contributed by atoms with Crippen LogP contribution in [0.2, 0.25) is 0 Å². The summed E-state index contributed by atoms with van der Waals surface area (Å²) < 4.78 is 26.5. The monoisotopic (exact) mass is 296 g/mol. The molecule has 2 atom stereocenters. The van der Waals surface area contributed by atoms with E-state index in [1.807, 2.05) is 44.2 Å². The van der Waals surface area contributed by atoms with Crippen molar-refractivity contribution in [1.29, 1.82) is 0 Å². The van der Waals surface area contributed by atoms with Gasteiger partial charge >= 0.3 is 0 Å². The highest BCUT2D eigenvalue weighted by Crippen LogP contribution is 2.22. The van der Waals surface area contributed by atoms with E-state index in [0.717, 1.165) is 18.4 Å². The molecule has 1 aromatic rings. The highest BCUT2D eigenvalue weighted by atomic mass is 32.2. The Morgan fingerprint density at radius 2 is 2.00 bits per heavy atom. The van der Waals surface area contributed by atoms with Crippen LogP contribution in [0.25, 0.3) is 0 Å². The van der Waals surface area contributed by atoms with E-state index in [1.54, 1.807) is 4.31 Å². The molecule has 1 saturated heterocycles. The van der Waals surface area contributed by atoms with Gasteiger partial charge in [0.25, 0.3) is 0 Å². The molecule has 0 aromatic heterocycles. The maximum Gasteiger partial charge on any atom is 0.214 e. The average molecular weight is 296 g/mol. The van der Waals surface area contributed by atoms with E-state index in [0.29, 0.717) is 13.1 Å². The standard InChI is InChI=1S/C15H24N2O2S/c1-3-4-10-20(18,19)17-12-15(16-11-13(17)2)14-8-6-5-7-9-14/h5-9,13,15-16H,3-4,10-12H2,1-2H3. The molecule has 1 N–H and O–H groups in total. The molecule has 0 spiro atoms. The van der Waals surface area contributed by atoms with Crippen LogP contribution in [-0.4, -0.2) is 37.6 Å². The molecule has 0 radical (unpaired) electrons. The molecule has 2 unspecified atom stereocenters. The Kier molecular flexibility index (Phi) is 5.18. The first-order chi connectivity index (χ1) is 9.54. The molecule has 1 aliphatic rings. The quantitative estimate of drug-likeness (QED) is 0.906. The lowest BCUT2D eigenvalue weighted by Gasteiger charge is -2.38. The highest BCUT2D eigenvalue weighted by Gasteiger charge is 2.33. The molecule has 0 amide bonds. The molecule has 1 aromatic carbocycles. The van der Waals surface area contributed by atoms with Gasteiger partial charge in [0, 0.05) is 25.2 Å². The van der Waals surface area contributed by atoms with Crippen LogP contribution >= 0.6 is 0 Å². The van der Waals surface area contributed by atoms with E-state index in [1.165, 1.54) is 0 Å². The lowest BCUT2D eigenvalue weighted by atomic mass is 10.0. The number of nitrogens with zero attached hydrogens (tertiary/aromatic N) is 1. The van der Waals surface area contributed by atoms with Gasteiger partial charge in [0.15, 0.2) is 0 Å². The lowest BCUT2D eigenvalue weighted by Crippen LogP contribution is -2.54. The van der Waals surface area contributed by atoms with Crippen molar-refractivity contribution in [2.24, 2.45) is 0 Å².